The monoisotopic (exact) mass is 446 g/mol. The summed E-state index contributed by atoms with van der Waals surface area (Å²) in [5.41, 5.74) is 3.00. The molecule has 0 atom stereocenters. The first-order chi connectivity index (χ1) is 14.8. The van der Waals surface area contributed by atoms with Crippen molar-refractivity contribution >= 4 is 15.9 Å². The number of ether oxygens (including phenoxy) is 2. The van der Waals surface area contributed by atoms with E-state index in [4.69, 9.17) is 9.47 Å². The number of rotatable bonds is 7. The fourth-order valence-corrected chi connectivity index (χ4v) is 5.15. The Morgan fingerprint density at radius 3 is 2.19 bits per heavy atom. The first-order valence-electron chi connectivity index (χ1n) is 10.3. The summed E-state index contributed by atoms with van der Waals surface area (Å²) in [6, 6.07) is 10.8. The van der Waals surface area contributed by atoms with Crippen molar-refractivity contribution in [2.75, 3.05) is 40.4 Å². The molecule has 2 aromatic carbocycles. The van der Waals surface area contributed by atoms with Gasteiger partial charge in [0.15, 0.2) is 11.5 Å². The summed E-state index contributed by atoms with van der Waals surface area (Å²) in [5, 5.41) is 0. The summed E-state index contributed by atoms with van der Waals surface area (Å²) in [6.07, 6.45) is 0.944. The van der Waals surface area contributed by atoms with Crippen molar-refractivity contribution in [2.24, 2.45) is 0 Å². The molecule has 0 N–H and O–H groups in total. The Hall–Kier alpha value is -2.58. The van der Waals surface area contributed by atoms with E-state index in [0.29, 0.717) is 55.4 Å². The second-order valence-corrected chi connectivity index (χ2v) is 9.66. The average molecular weight is 447 g/mol. The number of piperazine rings is 1. The Morgan fingerprint density at radius 1 is 0.903 bits per heavy atom. The molecule has 0 saturated carbocycles. The number of hydrogen-bond donors (Lipinski definition) is 0. The maximum absolute atomic E-state index is 13.0. The van der Waals surface area contributed by atoms with Crippen LogP contribution in [0.25, 0.3) is 0 Å². The van der Waals surface area contributed by atoms with Gasteiger partial charge in [-0.3, -0.25) is 4.79 Å². The molecule has 168 valence electrons. The topological polar surface area (TPSA) is 76.2 Å². The van der Waals surface area contributed by atoms with Gasteiger partial charge in [0.2, 0.25) is 15.9 Å². The van der Waals surface area contributed by atoms with Gasteiger partial charge < -0.3 is 14.4 Å². The number of benzene rings is 2. The Balaban J connectivity index is 1.56. The van der Waals surface area contributed by atoms with Gasteiger partial charge >= 0.3 is 0 Å². The van der Waals surface area contributed by atoms with Crippen molar-refractivity contribution in [3.8, 4) is 11.5 Å². The second-order valence-electron chi connectivity index (χ2n) is 7.72. The Bertz CT molecular complexity index is 1040. The fraction of sp³-hybridized carbons (Fsp3) is 0.435. The van der Waals surface area contributed by atoms with Gasteiger partial charge in [0.1, 0.15) is 0 Å². The maximum atomic E-state index is 13.0. The van der Waals surface area contributed by atoms with Gasteiger partial charge in [0.25, 0.3) is 0 Å². The Kier molecular flexibility index (Phi) is 7.23. The third-order valence-electron chi connectivity index (χ3n) is 5.78. The molecule has 7 nitrogen and oxygen atoms in total. The molecular formula is C23H30N2O5S. The van der Waals surface area contributed by atoms with E-state index in [2.05, 4.69) is 0 Å². The summed E-state index contributed by atoms with van der Waals surface area (Å²) < 4.78 is 37.9. The molecule has 1 aliphatic rings. The molecule has 8 heteroatoms. The van der Waals surface area contributed by atoms with Crippen LogP contribution in [0.5, 0.6) is 11.5 Å². The molecule has 0 spiro atoms. The lowest BCUT2D eigenvalue weighted by Gasteiger charge is -2.34. The van der Waals surface area contributed by atoms with Crippen LogP contribution >= 0.6 is 0 Å². The molecule has 0 bridgehead atoms. The van der Waals surface area contributed by atoms with Crippen LogP contribution < -0.4 is 9.47 Å². The molecule has 3 rings (SSSR count). The quantitative estimate of drug-likeness (QED) is 0.654. The first-order valence-corrected chi connectivity index (χ1v) is 11.8. The van der Waals surface area contributed by atoms with Crippen LogP contribution in [-0.2, 0) is 21.2 Å². The molecule has 31 heavy (non-hydrogen) atoms. The summed E-state index contributed by atoms with van der Waals surface area (Å²) in [6.45, 7) is 5.26. The van der Waals surface area contributed by atoms with Crippen molar-refractivity contribution < 1.29 is 22.7 Å². The number of nitrogens with zero attached hydrogens (tertiary/aromatic N) is 2. The molecular weight excluding hydrogens is 416 g/mol. The van der Waals surface area contributed by atoms with E-state index >= 15 is 0 Å². The van der Waals surface area contributed by atoms with Crippen molar-refractivity contribution in [2.45, 2.75) is 31.6 Å². The minimum atomic E-state index is -3.55. The van der Waals surface area contributed by atoms with Crippen molar-refractivity contribution in [1.29, 1.82) is 0 Å². The summed E-state index contributed by atoms with van der Waals surface area (Å²) in [5.74, 6) is 1.31. The number of sulfonamides is 1. The summed E-state index contributed by atoms with van der Waals surface area (Å²) in [4.78, 5) is 14.7. The molecule has 2 aromatic rings. The van der Waals surface area contributed by atoms with E-state index in [9.17, 15) is 13.2 Å². The Morgan fingerprint density at radius 2 is 1.58 bits per heavy atom. The summed E-state index contributed by atoms with van der Waals surface area (Å²) in [7, 11) is -0.385. The SMILES string of the molecule is COc1ccc(CCC(=O)N2CCN(S(=O)(=O)c3ccc(C)c(C)c3)CC2)cc1OC. The second kappa shape index (κ2) is 9.70. The smallest absolute Gasteiger partial charge is 0.243 e. The van der Waals surface area contributed by atoms with Gasteiger partial charge in [-0.1, -0.05) is 12.1 Å². The Labute approximate surface area is 184 Å². The molecule has 1 saturated heterocycles. The van der Waals surface area contributed by atoms with Crippen LogP contribution in [0.4, 0.5) is 0 Å². The standard InChI is InChI=1S/C23H30N2O5S/c1-17-5-8-20(15-18(17)2)31(27,28)25-13-11-24(12-14-25)23(26)10-7-19-6-9-21(29-3)22(16-19)30-4/h5-6,8-9,15-16H,7,10-14H2,1-4H3. The van der Waals surface area contributed by atoms with E-state index < -0.39 is 10.0 Å². The highest BCUT2D eigenvalue weighted by Gasteiger charge is 2.30. The molecule has 1 heterocycles. The van der Waals surface area contributed by atoms with Crippen LogP contribution in [0.15, 0.2) is 41.3 Å². The number of hydrogen-bond acceptors (Lipinski definition) is 5. The predicted octanol–water partition coefficient (Wildman–Crippen LogP) is 2.79. The van der Waals surface area contributed by atoms with Crippen LogP contribution in [0, 0.1) is 13.8 Å². The lowest BCUT2D eigenvalue weighted by molar-refractivity contribution is -0.132. The van der Waals surface area contributed by atoms with Crippen LogP contribution in [0.1, 0.15) is 23.1 Å². The molecule has 1 aliphatic heterocycles. The third-order valence-corrected chi connectivity index (χ3v) is 7.68. The van der Waals surface area contributed by atoms with E-state index in [1.807, 2.05) is 38.1 Å². The van der Waals surface area contributed by atoms with E-state index in [1.54, 1.807) is 31.3 Å². The van der Waals surface area contributed by atoms with Crippen LogP contribution in [0.2, 0.25) is 0 Å². The predicted molar refractivity (Wildman–Crippen MR) is 119 cm³/mol. The van der Waals surface area contributed by atoms with E-state index in [1.165, 1.54) is 4.31 Å². The largest absolute Gasteiger partial charge is 0.493 e. The number of carbonyl (C=O) groups excluding carboxylic acids is 1. The van der Waals surface area contributed by atoms with Gasteiger partial charge in [0.05, 0.1) is 19.1 Å². The minimum Gasteiger partial charge on any atom is -0.493 e. The molecule has 0 radical (unpaired) electrons. The zero-order chi connectivity index (χ0) is 22.6. The maximum Gasteiger partial charge on any atom is 0.243 e. The highest BCUT2D eigenvalue weighted by Crippen LogP contribution is 2.28. The van der Waals surface area contributed by atoms with Crippen LogP contribution in [0.3, 0.4) is 0 Å². The highest BCUT2D eigenvalue weighted by atomic mass is 32.2. The molecule has 0 unspecified atom stereocenters. The van der Waals surface area contributed by atoms with Crippen molar-refractivity contribution in [3.63, 3.8) is 0 Å². The zero-order valence-corrected chi connectivity index (χ0v) is 19.4. The van der Waals surface area contributed by atoms with E-state index in [-0.39, 0.29) is 5.91 Å². The van der Waals surface area contributed by atoms with Gasteiger partial charge in [-0.15, -0.1) is 0 Å². The normalized spacial score (nSPS) is 15.0. The lowest BCUT2D eigenvalue weighted by atomic mass is 10.1. The molecule has 0 aromatic heterocycles. The zero-order valence-electron chi connectivity index (χ0n) is 18.6. The molecule has 1 amide bonds. The van der Waals surface area contributed by atoms with Crippen molar-refractivity contribution in [3.05, 3.63) is 53.1 Å². The average Bonchev–Trinajstić information content (AvgIpc) is 2.79. The number of amides is 1. The van der Waals surface area contributed by atoms with E-state index in [0.717, 1.165) is 16.7 Å². The van der Waals surface area contributed by atoms with Crippen molar-refractivity contribution in [1.82, 2.24) is 9.21 Å². The number of aryl methyl sites for hydroxylation is 3. The van der Waals surface area contributed by atoms with Gasteiger partial charge in [-0.2, -0.15) is 4.31 Å². The number of carbonyl (C=O) groups is 1. The minimum absolute atomic E-state index is 0.0259. The molecule has 0 aliphatic carbocycles. The van der Waals surface area contributed by atoms with Gasteiger partial charge in [-0.25, -0.2) is 8.42 Å². The van der Waals surface area contributed by atoms with Gasteiger partial charge in [0, 0.05) is 32.6 Å². The molecule has 1 fully saturated rings. The summed E-state index contributed by atoms with van der Waals surface area (Å²) >= 11 is 0. The fourth-order valence-electron chi connectivity index (χ4n) is 3.65. The highest BCUT2D eigenvalue weighted by molar-refractivity contribution is 7.89. The third kappa shape index (κ3) is 5.19. The lowest BCUT2D eigenvalue weighted by Crippen LogP contribution is -2.50. The first kappa shape index (κ1) is 23.1. The number of methoxy groups -OCH3 is 2. The van der Waals surface area contributed by atoms with Crippen LogP contribution in [-0.4, -0.2) is 63.9 Å². The van der Waals surface area contributed by atoms with Gasteiger partial charge in [-0.05, 0) is 61.2 Å².